The Morgan fingerprint density at radius 2 is 2.40 bits per heavy atom. The predicted octanol–water partition coefficient (Wildman–Crippen LogP) is 1.23. The summed E-state index contributed by atoms with van der Waals surface area (Å²) >= 11 is 0. The van der Waals surface area contributed by atoms with Crippen LogP contribution in [0.15, 0.2) is 12.3 Å². The molecule has 0 amide bonds. The molecule has 0 radical (unpaired) electrons. The van der Waals surface area contributed by atoms with Crippen molar-refractivity contribution in [3.63, 3.8) is 0 Å². The summed E-state index contributed by atoms with van der Waals surface area (Å²) in [6.07, 6.45) is 5.31. The summed E-state index contributed by atoms with van der Waals surface area (Å²) < 4.78 is 4.66. The Balaban J connectivity index is 2.08. The highest BCUT2D eigenvalue weighted by atomic mass is 16.5. The fourth-order valence-electron chi connectivity index (χ4n) is 2.45. The third-order valence-corrected chi connectivity index (χ3v) is 3.57. The fourth-order valence-corrected chi connectivity index (χ4v) is 2.45. The monoisotopic (exact) mass is 278 g/mol. The molecule has 1 fully saturated rings. The summed E-state index contributed by atoms with van der Waals surface area (Å²) in [5.74, 6) is 0.383. The molecule has 0 spiro atoms. The third kappa shape index (κ3) is 3.66. The molecular formula is C14H22N4O2. The van der Waals surface area contributed by atoms with Gasteiger partial charge < -0.3 is 15.0 Å². The molecule has 1 saturated heterocycles. The van der Waals surface area contributed by atoms with Crippen LogP contribution in [-0.4, -0.2) is 48.7 Å². The smallest absolute Gasteiger partial charge is 0.376 e. The maximum absolute atomic E-state index is 11.5. The second-order valence-corrected chi connectivity index (χ2v) is 4.92. The number of anilines is 1. The number of rotatable bonds is 5. The highest BCUT2D eigenvalue weighted by Crippen LogP contribution is 2.14. The van der Waals surface area contributed by atoms with Gasteiger partial charge in [0.15, 0.2) is 0 Å². The van der Waals surface area contributed by atoms with Crippen molar-refractivity contribution >= 4 is 11.8 Å². The lowest BCUT2D eigenvalue weighted by molar-refractivity contribution is 0.0587. The molecule has 6 heteroatoms. The van der Waals surface area contributed by atoms with Gasteiger partial charge in [-0.1, -0.05) is 6.42 Å². The Labute approximate surface area is 119 Å². The van der Waals surface area contributed by atoms with Crippen LogP contribution < -0.4 is 10.2 Å². The van der Waals surface area contributed by atoms with Crippen molar-refractivity contribution in [3.8, 4) is 0 Å². The van der Waals surface area contributed by atoms with E-state index in [9.17, 15) is 4.79 Å². The Bertz CT molecular complexity index is 447. The van der Waals surface area contributed by atoms with Gasteiger partial charge >= 0.3 is 5.97 Å². The number of carbonyl (C=O) groups excluding carboxylic acids is 1. The van der Waals surface area contributed by atoms with E-state index in [0.29, 0.717) is 6.04 Å². The molecule has 20 heavy (non-hydrogen) atoms. The van der Waals surface area contributed by atoms with Gasteiger partial charge in [-0.15, -0.1) is 0 Å². The van der Waals surface area contributed by atoms with Gasteiger partial charge in [-0.3, -0.25) is 0 Å². The zero-order chi connectivity index (χ0) is 14.4. The first-order chi connectivity index (χ1) is 9.74. The van der Waals surface area contributed by atoms with Gasteiger partial charge in [0.05, 0.1) is 7.11 Å². The molecule has 1 unspecified atom stereocenters. The molecule has 0 saturated carbocycles. The van der Waals surface area contributed by atoms with E-state index in [0.717, 1.165) is 25.5 Å². The molecule has 1 aliphatic heterocycles. The van der Waals surface area contributed by atoms with Crippen molar-refractivity contribution in [1.82, 2.24) is 15.3 Å². The number of methoxy groups -OCH3 is 1. The van der Waals surface area contributed by atoms with Crippen LogP contribution in [0.4, 0.5) is 5.82 Å². The molecule has 0 aromatic carbocycles. The van der Waals surface area contributed by atoms with Crippen LogP contribution in [0.5, 0.6) is 0 Å². The second kappa shape index (κ2) is 7.19. The number of nitrogens with one attached hydrogen (secondary N) is 1. The summed E-state index contributed by atoms with van der Waals surface area (Å²) in [6.45, 7) is 4.91. The number of nitrogens with zero attached hydrogens (tertiary/aromatic N) is 3. The van der Waals surface area contributed by atoms with E-state index in [2.05, 4.69) is 31.8 Å². The number of likely N-dealkylation sites (N-methyl/N-ethyl adjacent to an activating group) is 1. The summed E-state index contributed by atoms with van der Waals surface area (Å²) in [5, 5.41) is 3.53. The van der Waals surface area contributed by atoms with Crippen molar-refractivity contribution in [3.05, 3.63) is 18.1 Å². The maximum Gasteiger partial charge on any atom is 0.376 e. The van der Waals surface area contributed by atoms with Crippen molar-refractivity contribution in [2.75, 3.05) is 31.6 Å². The summed E-state index contributed by atoms with van der Waals surface area (Å²) in [5.41, 5.74) is 0. The number of aromatic nitrogens is 2. The molecule has 1 atom stereocenters. The molecule has 110 valence electrons. The molecule has 1 aliphatic rings. The topological polar surface area (TPSA) is 67.4 Å². The molecule has 2 heterocycles. The summed E-state index contributed by atoms with van der Waals surface area (Å²) in [6, 6.07) is 2.32. The summed E-state index contributed by atoms with van der Waals surface area (Å²) in [4.78, 5) is 21.9. The Hall–Kier alpha value is -1.69. The molecule has 6 nitrogen and oxygen atoms in total. The zero-order valence-electron chi connectivity index (χ0n) is 12.1. The van der Waals surface area contributed by atoms with E-state index >= 15 is 0 Å². The zero-order valence-corrected chi connectivity index (χ0v) is 12.1. The number of piperidine rings is 1. The van der Waals surface area contributed by atoms with Crippen molar-refractivity contribution in [1.29, 1.82) is 0 Å². The van der Waals surface area contributed by atoms with E-state index in [4.69, 9.17) is 0 Å². The molecule has 1 aromatic heterocycles. The number of carbonyl (C=O) groups is 1. The van der Waals surface area contributed by atoms with E-state index < -0.39 is 5.97 Å². The lowest BCUT2D eigenvalue weighted by Gasteiger charge is -2.30. The molecular weight excluding hydrogens is 256 g/mol. The largest absolute Gasteiger partial charge is 0.463 e. The van der Waals surface area contributed by atoms with Crippen LogP contribution >= 0.6 is 0 Å². The molecule has 1 aromatic rings. The number of ether oxygens (including phenoxy) is 1. The Kier molecular flexibility index (Phi) is 5.29. The number of esters is 1. The number of hydrogen-bond donors (Lipinski definition) is 1. The highest BCUT2D eigenvalue weighted by molar-refractivity contribution is 5.85. The van der Waals surface area contributed by atoms with Gasteiger partial charge in [0.1, 0.15) is 5.82 Å². The van der Waals surface area contributed by atoms with Crippen LogP contribution in [0.3, 0.4) is 0 Å². The molecule has 1 N–H and O–H groups in total. The van der Waals surface area contributed by atoms with Gasteiger partial charge in [-0.25, -0.2) is 14.8 Å². The van der Waals surface area contributed by atoms with Crippen molar-refractivity contribution in [2.45, 2.75) is 32.2 Å². The lowest BCUT2D eigenvalue weighted by Crippen LogP contribution is -2.44. The highest BCUT2D eigenvalue weighted by Gasteiger charge is 2.18. The van der Waals surface area contributed by atoms with Crippen LogP contribution in [0, 0.1) is 0 Å². The second-order valence-electron chi connectivity index (χ2n) is 4.92. The van der Waals surface area contributed by atoms with Crippen LogP contribution in [0.1, 0.15) is 36.8 Å². The maximum atomic E-state index is 11.5. The molecule has 0 aliphatic carbocycles. The average Bonchev–Trinajstić information content (AvgIpc) is 2.53. The molecule has 2 rings (SSSR count). The Morgan fingerprint density at radius 3 is 3.05 bits per heavy atom. The van der Waals surface area contributed by atoms with Gasteiger partial charge in [-0.05, 0) is 32.4 Å². The van der Waals surface area contributed by atoms with E-state index in [1.165, 1.54) is 26.4 Å². The number of hydrogen-bond acceptors (Lipinski definition) is 6. The van der Waals surface area contributed by atoms with Gasteiger partial charge in [-0.2, -0.15) is 0 Å². The van der Waals surface area contributed by atoms with Gasteiger partial charge in [0.25, 0.3) is 0 Å². The minimum absolute atomic E-state index is 0.111. The standard InChI is InChI=1S/C14H22N4O2/c1-3-18(10-11-6-4-5-8-15-11)12-7-9-16-13(17-12)14(19)20-2/h7,9,11,15H,3-6,8,10H2,1-2H3. The first-order valence-electron chi connectivity index (χ1n) is 7.14. The van der Waals surface area contributed by atoms with E-state index in [-0.39, 0.29) is 5.82 Å². The average molecular weight is 278 g/mol. The lowest BCUT2D eigenvalue weighted by atomic mass is 10.0. The van der Waals surface area contributed by atoms with E-state index in [1.54, 1.807) is 6.20 Å². The summed E-state index contributed by atoms with van der Waals surface area (Å²) in [7, 11) is 1.34. The SMILES string of the molecule is CCN(CC1CCCCN1)c1ccnc(C(=O)OC)n1. The fraction of sp³-hybridized carbons (Fsp3) is 0.643. The van der Waals surface area contributed by atoms with Crippen molar-refractivity contribution < 1.29 is 9.53 Å². The minimum atomic E-state index is -0.501. The quantitative estimate of drug-likeness (QED) is 0.817. The minimum Gasteiger partial charge on any atom is -0.463 e. The first-order valence-corrected chi connectivity index (χ1v) is 7.14. The van der Waals surface area contributed by atoms with Gasteiger partial charge in [0, 0.05) is 25.3 Å². The Morgan fingerprint density at radius 1 is 1.55 bits per heavy atom. The van der Waals surface area contributed by atoms with Crippen LogP contribution in [0.25, 0.3) is 0 Å². The van der Waals surface area contributed by atoms with Crippen molar-refractivity contribution in [2.24, 2.45) is 0 Å². The van der Waals surface area contributed by atoms with E-state index in [1.807, 2.05) is 6.07 Å². The van der Waals surface area contributed by atoms with Gasteiger partial charge in [0.2, 0.25) is 5.82 Å². The molecule has 0 bridgehead atoms. The predicted molar refractivity (Wildman–Crippen MR) is 76.9 cm³/mol. The normalized spacial score (nSPS) is 18.6. The first kappa shape index (κ1) is 14.7. The van der Waals surface area contributed by atoms with Crippen LogP contribution in [0.2, 0.25) is 0 Å². The van der Waals surface area contributed by atoms with Crippen LogP contribution in [-0.2, 0) is 4.74 Å². The third-order valence-electron chi connectivity index (χ3n) is 3.57.